The van der Waals surface area contributed by atoms with Gasteiger partial charge in [-0.3, -0.25) is 0 Å². The molecule has 0 saturated heterocycles. The predicted octanol–water partition coefficient (Wildman–Crippen LogP) is 18.4. The molecule has 0 N–H and O–H groups in total. The van der Waals surface area contributed by atoms with E-state index in [0.29, 0.717) is 89.5 Å². The van der Waals surface area contributed by atoms with Crippen molar-refractivity contribution in [1.29, 1.82) is 15.8 Å². The van der Waals surface area contributed by atoms with E-state index in [-0.39, 0.29) is 45.1 Å². The monoisotopic (exact) mass is 1090 g/mol. The number of aromatic nitrogens is 5. The molecule has 13 rings (SSSR count). The van der Waals surface area contributed by atoms with Crippen molar-refractivity contribution in [1.82, 2.24) is 24.1 Å². The predicted molar refractivity (Wildman–Crippen MR) is 319 cm³/mol. The summed E-state index contributed by atoms with van der Waals surface area (Å²) < 4.78 is 50.5. The molecular formula is C70H34F3N11. The lowest BCUT2D eigenvalue weighted by Gasteiger charge is -2.20. The van der Waals surface area contributed by atoms with Crippen LogP contribution in [0.25, 0.3) is 137 Å². The molecule has 0 saturated carbocycles. The zero-order chi connectivity index (χ0) is 57.8. The standard InChI is InChI=1S/C70H34F3N11/c1-77-49-32-47(40-76)66(59(36-49)79-3)45-22-27-62-55(33-45)51-18-10-12-20-60(51)83(62)50-25-26-53(69-81-67(42-14-6-4-7-15-42)80-68(82-69)43-16-8-5-9-17-43)54(37-50)57-35-48(70(71,72)73)24-29-64(57)84-61-21-13-11-19-52(61)56-34-44(23-28-63(56)84)65-46(39-75)30-41(38-74)31-58(65)78-2/h4-37H. The highest BCUT2D eigenvalue weighted by Crippen LogP contribution is 2.47. The topological polar surface area (TPSA) is 133 Å². The van der Waals surface area contributed by atoms with Crippen molar-refractivity contribution in [2.24, 2.45) is 0 Å². The molecule has 390 valence electrons. The number of para-hydroxylation sites is 2. The molecule has 0 atom stereocenters. The van der Waals surface area contributed by atoms with Crippen molar-refractivity contribution >= 4 is 60.7 Å². The largest absolute Gasteiger partial charge is 0.416 e. The van der Waals surface area contributed by atoms with Gasteiger partial charge in [0.25, 0.3) is 0 Å². The van der Waals surface area contributed by atoms with Gasteiger partial charge in [0, 0.05) is 71.7 Å². The summed E-state index contributed by atoms with van der Waals surface area (Å²) >= 11 is 0. The minimum atomic E-state index is -4.80. The first kappa shape index (κ1) is 51.0. The van der Waals surface area contributed by atoms with Crippen LogP contribution < -0.4 is 0 Å². The quantitative estimate of drug-likeness (QED) is 0.139. The van der Waals surface area contributed by atoms with E-state index in [0.717, 1.165) is 33.8 Å². The van der Waals surface area contributed by atoms with E-state index in [2.05, 4.69) is 26.7 Å². The Labute approximate surface area is 477 Å². The molecule has 84 heavy (non-hydrogen) atoms. The lowest BCUT2D eigenvalue weighted by atomic mass is 9.94. The van der Waals surface area contributed by atoms with Crippen LogP contribution in [-0.2, 0) is 6.18 Å². The summed E-state index contributed by atoms with van der Waals surface area (Å²) in [4.78, 5) is 26.1. The summed E-state index contributed by atoms with van der Waals surface area (Å²) in [5.41, 5.74) is 7.80. The summed E-state index contributed by atoms with van der Waals surface area (Å²) in [5, 5.41) is 33.4. The zero-order valence-corrected chi connectivity index (χ0v) is 43.7. The number of benzene rings is 10. The van der Waals surface area contributed by atoms with E-state index in [1.165, 1.54) is 30.3 Å². The summed E-state index contributed by atoms with van der Waals surface area (Å²) in [6.07, 6.45) is -4.80. The van der Waals surface area contributed by atoms with E-state index in [4.69, 9.17) is 34.7 Å². The molecule has 11 nitrogen and oxygen atoms in total. The molecule has 0 aliphatic carbocycles. The van der Waals surface area contributed by atoms with E-state index < -0.39 is 11.7 Å². The lowest BCUT2D eigenvalue weighted by molar-refractivity contribution is -0.137. The van der Waals surface area contributed by atoms with E-state index in [9.17, 15) is 15.8 Å². The molecule has 3 aromatic heterocycles. The molecular weight excluding hydrogens is 1050 g/mol. The van der Waals surface area contributed by atoms with E-state index in [1.54, 1.807) is 6.07 Å². The SMILES string of the molecule is [C-]#[N+]c1cc(C#N)c(-c2ccc3c(c2)c2ccccc2n3-c2ccc(-c3nc(-c4ccccc4)nc(-c4ccccc4)n3)c(-c3cc(C(F)(F)F)ccc3-n3c4ccccc4c4cc(-c5c(C#N)cc(C#N)cc5[N+]#[C-])ccc43)c2)c([N+]#[C-])c1. The lowest BCUT2D eigenvalue weighted by Crippen LogP contribution is -2.08. The number of alkyl halides is 3. The Balaban J connectivity index is 1.12. The molecule has 10 aromatic carbocycles. The number of hydrogen-bond donors (Lipinski definition) is 0. The maximum Gasteiger partial charge on any atom is 0.416 e. The third-order valence-electron chi connectivity index (χ3n) is 14.9. The van der Waals surface area contributed by atoms with Gasteiger partial charge < -0.3 is 9.13 Å². The smallest absolute Gasteiger partial charge is 0.309 e. The minimum absolute atomic E-state index is 0.119. The second-order valence-corrected chi connectivity index (χ2v) is 19.6. The van der Waals surface area contributed by atoms with Crippen molar-refractivity contribution in [3.63, 3.8) is 0 Å². The summed E-state index contributed by atoms with van der Waals surface area (Å²) in [6, 6.07) is 66.5. The first-order valence-corrected chi connectivity index (χ1v) is 26.0. The molecule has 0 bridgehead atoms. The van der Waals surface area contributed by atoms with Crippen molar-refractivity contribution in [3.8, 4) is 97.1 Å². The van der Waals surface area contributed by atoms with Crippen molar-refractivity contribution in [2.45, 2.75) is 6.18 Å². The third-order valence-corrected chi connectivity index (χ3v) is 14.9. The van der Waals surface area contributed by atoms with Crippen LogP contribution in [0.2, 0.25) is 0 Å². The van der Waals surface area contributed by atoms with E-state index >= 15 is 13.2 Å². The highest BCUT2D eigenvalue weighted by atomic mass is 19.4. The number of hydrogen-bond acceptors (Lipinski definition) is 6. The van der Waals surface area contributed by atoms with Gasteiger partial charge in [-0.2, -0.15) is 29.0 Å². The molecule has 0 fully saturated rings. The first-order chi connectivity index (χ1) is 41.0. The molecule has 0 aliphatic heterocycles. The van der Waals surface area contributed by atoms with Crippen LogP contribution in [0.4, 0.5) is 30.2 Å². The van der Waals surface area contributed by atoms with E-state index in [1.807, 2.05) is 173 Å². The molecule has 13 aromatic rings. The van der Waals surface area contributed by atoms with Gasteiger partial charge in [-0.25, -0.2) is 29.5 Å². The normalized spacial score (nSPS) is 11.2. The van der Waals surface area contributed by atoms with Gasteiger partial charge in [0.05, 0.1) is 76.8 Å². The van der Waals surface area contributed by atoms with Gasteiger partial charge in [0.2, 0.25) is 0 Å². The second kappa shape index (κ2) is 20.3. The van der Waals surface area contributed by atoms with Crippen molar-refractivity contribution < 1.29 is 13.2 Å². The van der Waals surface area contributed by atoms with Gasteiger partial charge in [0.15, 0.2) is 34.5 Å². The molecule has 14 heteroatoms. The van der Waals surface area contributed by atoms with Crippen LogP contribution in [0, 0.1) is 53.7 Å². The summed E-state index contributed by atoms with van der Waals surface area (Å²) in [6.45, 7) is 23.7. The number of rotatable bonds is 8. The maximum atomic E-state index is 15.5. The summed E-state index contributed by atoms with van der Waals surface area (Å²) in [5.74, 6) is 0.858. The van der Waals surface area contributed by atoms with Gasteiger partial charge >= 0.3 is 6.18 Å². The van der Waals surface area contributed by atoms with Gasteiger partial charge in [0.1, 0.15) is 0 Å². The second-order valence-electron chi connectivity index (χ2n) is 19.6. The maximum absolute atomic E-state index is 15.5. The molecule has 0 unspecified atom stereocenters. The average Bonchev–Trinajstić information content (AvgIpc) is 4.04. The molecule has 0 aliphatic rings. The fourth-order valence-corrected chi connectivity index (χ4v) is 11.3. The molecule has 0 radical (unpaired) electrons. The van der Waals surface area contributed by atoms with Crippen LogP contribution >= 0.6 is 0 Å². The Morgan fingerprint density at radius 3 is 1.49 bits per heavy atom. The fraction of sp³-hybridized carbons (Fsp3) is 0.0143. The highest BCUT2D eigenvalue weighted by Gasteiger charge is 2.33. The zero-order valence-electron chi connectivity index (χ0n) is 43.7. The van der Waals surface area contributed by atoms with Gasteiger partial charge in [-0.1, -0.05) is 115 Å². The van der Waals surface area contributed by atoms with Crippen LogP contribution in [0.15, 0.2) is 206 Å². The first-order valence-electron chi connectivity index (χ1n) is 26.0. The van der Waals surface area contributed by atoms with Crippen molar-refractivity contribution in [2.75, 3.05) is 0 Å². The fourth-order valence-electron chi connectivity index (χ4n) is 11.3. The van der Waals surface area contributed by atoms with Gasteiger partial charge in [-0.05, 0) is 108 Å². The molecule has 0 amide bonds. The number of nitrogens with zero attached hydrogens (tertiary/aromatic N) is 11. The van der Waals surface area contributed by atoms with Crippen LogP contribution in [0.3, 0.4) is 0 Å². The molecule has 0 spiro atoms. The van der Waals surface area contributed by atoms with Crippen molar-refractivity contribution in [3.05, 3.63) is 263 Å². The Bertz CT molecular complexity index is 5080. The summed E-state index contributed by atoms with van der Waals surface area (Å²) in [7, 11) is 0. The minimum Gasteiger partial charge on any atom is -0.309 e. The third kappa shape index (κ3) is 8.54. The Morgan fingerprint density at radius 2 is 0.929 bits per heavy atom. The van der Waals surface area contributed by atoms with Crippen LogP contribution in [0.1, 0.15) is 22.3 Å². The highest BCUT2D eigenvalue weighted by molar-refractivity contribution is 6.13. The number of fused-ring (bicyclic) bond motifs is 6. The Kier molecular flexibility index (Phi) is 12.3. The van der Waals surface area contributed by atoms with Crippen LogP contribution in [0.5, 0.6) is 0 Å². The number of nitriles is 3. The van der Waals surface area contributed by atoms with Gasteiger partial charge in [-0.15, -0.1) is 0 Å². The Morgan fingerprint density at radius 1 is 0.405 bits per heavy atom. The molecule has 3 heterocycles. The van der Waals surface area contributed by atoms with Crippen LogP contribution in [-0.4, -0.2) is 24.1 Å². The average molecular weight is 1090 g/mol. The number of halogens is 3. The Hall–Kier alpha value is -12.5.